The molecule has 0 radical (unpaired) electrons. The molecule has 3 N–H and O–H groups in total. The van der Waals surface area contributed by atoms with E-state index in [1.165, 1.54) is 0 Å². The summed E-state index contributed by atoms with van der Waals surface area (Å²) in [5.74, 6) is -0.336. The first-order valence-electron chi connectivity index (χ1n) is 11.0. The summed E-state index contributed by atoms with van der Waals surface area (Å²) in [6.07, 6.45) is 4.92. The average molecular weight is 460 g/mol. The van der Waals surface area contributed by atoms with E-state index in [4.69, 9.17) is 0 Å². The van der Waals surface area contributed by atoms with Crippen LogP contribution in [0.25, 0.3) is 10.8 Å². The molecule has 4 aromatic rings. The maximum Gasteiger partial charge on any atom is 0.305 e. The third-order valence-corrected chi connectivity index (χ3v) is 5.80. The third kappa shape index (κ3) is 4.45. The number of fused-ring (bicyclic) bond motifs is 1. The van der Waals surface area contributed by atoms with Crippen LogP contribution >= 0.6 is 0 Å². The van der Waals surface area contributed by atoms with Crippen LogP contribution in [0.15, 0.2) is 64.6 Å². The molecular formula is C25H25N5O4. The Morgan fingerprint density at radius 1 is 1.03 bits per heavy atom. The molecule has 1 atom stereocenters. The van der Waals surface area contributed by atoms with Gasteiger partial charge >= 0.3 is 5.97 Å². The van der Waals surface area contributed by atoms with Gasteiger partial charge in [0.15, 0.2) is 0 Å². The Balaban J connectivity index is 1.59. The Hall–Kier alpha value is -4.27. The van der Waals surface area contributed by atoms with Gasteiger partial charge < -0.3 is 20.6 Å². The number of carboxylic acids is 1. The maximum absolute atomic E-state index is 12.3. The van der Waals surface area contributed by atoms with Crippen molar-refractivity contribution in [3.63, 3.8) is 0 Å². The van der Waals surface area contributed by atoms with Crippen LogP contribution in [-0.2, 0) is 4.79 Å². The summed E-state index contributed by atoms with van der Waals surface area (Å²) in [5, 5.41) is 17.6. The van der Waals surface area contributed by atoms with E-state index in [-0.39, 0.29) is 12.1 Å². The molecule has 0 aliphatic rings. The third-order valence-electron chi connectivity index (χ3n) is 5.80. The van der Waals surface area contributed by atoms with Gasteiger partial charge in [0.05, 0.1) is 12.5 Å². The summed E-state index contributed by atoms with van der Waals surface area (Å²) in [5.41, 5.74) is 0.787. The zero-order valence-corrected chi connectivity index (χ0v) is 18.9. The smallest absolute Gasteiger partial charge is 0.305 e. The van der Waals surface area contributed by atoms with E-state index in [0.29, 0.717) is 30.2 Å². The molecule has 4 rings (SSSR count). The van der Waals surface area contributed by atoms with Crippen molar-refractivity contribution in [2.24, 2.45) is 0 Å². The lowest BCUT2D eigenvalue weighted by Gasteiger charge is -2.27. The zero-order valence-electron chi connectivity index (χ0n) is 18.9. The number of carbonyl (C=O) groups is 1. The predicted molar refractivity (Wildman–Crippen MR) is 133 cm³/mol. The highest BCUT2D eigenvalue weighted by Gasteiger charge is 2.27. The van der Waals surface area contributed by atoms with Gasteiger partial charge in [-0.05, 0) is 43.7 Å². The molecular weight excluding hydrogens is 434 g/mol. The largest absolute Gasteiger partial charge is 0.481 e. The minimum Gasteiger partial charge on any atom is -0.481 e. The molecule has 0 amide bonds. The standard InChI is InChI=1S/C25H25N5O4/c1-3-30(4-2)22-21(23(33)24(22)34)29-19(13-20(31)32)15-5-7-17(8-6-15)28-25-18-10-11-26-14-16(18)9-12-27-25/h5-12,14,19,29H,3-4,13H2,1-2H3,(H,27,28)(H,31,32)/t19-/m1/s1. The summed E-state index contributed by atoms with van der Waals surface area (Å²) in [6, 6.07) is 10.3. The Morgan fingerprint density at radius 3 is 2.44 bits per heavy atom. The lowest BCUT2D eigenvalue weighted by molar-refractivity contribution is -0.137. The van der Waals surface area contributed by atoms with E-state index >= 15 is 0 Å². The first-order valence-corrected chi connectivity index (χ1v) is 11.0. The van der Waals surface area contributed by atoms with Crippen LogP contribution in [0.4, 0.5) is 22.9 Å². The number of nitrogens with one attached hydrogen (secondary N) is 2. The first kappa shape index (κ1) is 22.9. The highest BCUT2D eigenvalue weighted by Crippen LogP contribution is 2.29. The molecule has 0 aliphatic carbocycles. The summed E-state index contributed by atoms with van der Waals surface area (Å²) in [6.45, 7) is 4.93. The van der Waals surface area contributed by atoms with Gasteiger partial charge in [-0.15, -0.1) is 0 Å². The number of nitrogens with zero attached hydrogens (tertiary/aromatic N) is 3. The van der Waals surface area contributed by atoms with E-state index in [1.807, 2.05) is 38.1 Å². The monoisotopic (exact) mass is 459 g/mol. The Labute approximate surface area is 195 Å². The van der Waals surface area contributed by atoms with Crippen LogP contribution < -0.4 is 26.4 Å². The van der Waals surface area contributed by atoms with Crippen LogP contribution in [0.5, 0.6) is 0 Å². The number of anilines is 4. The Kier molecular flexibility index (Phi) is 6.53. The van der Waals surface area contributed by atoms with E-state index in [0.717, 1.165) is 16.5 Å². The first-order chi connectivity index (χ1) is 16.4. The molecule has 0 spiro atoms. The molecule has 34 heavy (non-hydrogen) atoms. The highest BCUT2D eigenvalue weighted by molar-refractivity contribution is 5.92. The molecule has 2 aromatic carbocycles. The van der Waals surface area contributed by atoms with Crippen molar-refractivity contribution < 1.29 is 9.90 Å². The molecule has 0 saturated carbocycles. The van der Waals surface area contributed by atoms with Gasteiger partial charge in [0, 0.05) is 48.1 Å². The van der Waals surface area contributed by atoms with Crippen LogP contribution in [0.2, 0.25) is 0 Å². The van der Waals surface area contributed by atoms with Gasteiger partial charge in [-0.1, -0.05) is 12.1 Å². The van der Waals surface area contributed by atoms with Crippen molar-refractivity contribution in [3.05, 3.63) is 81.0 Å². The summed E-state index contributed by atoms with van der Waals surface area (Å²) < 4.78 is 0. The van der Waals surface area contributed by atoms with Gasteiger partial charge in [-0.25, -0.2) is 4.98 Å². The molecule has 0 saturated heterocycles. The average Bonchev–Trinajstić information content (AvgIpc) is 2.85. The fourth-order valence-electron chi connectivity index (χ4n) is 4.01. The van der Waals surface area contributed by atoms with Gasteiger partial charge in [-0.2, -0.15) is 0 Å². The van der Waals surface area contributed by atoms with E-state index in [1.54, 1.807) is 35.6 Å². The summed E-state index contributed by atoms with van der Waals surface area (Å²) in [4.78, 5) is 46.3. The number of benzene rings is 1. The quantitative estimate of drug-likeness (QED) is 0.306. The maximum atomic E-state index is 12.3. The Bertz CT molecular complexity index is 1380. The predicted octanol–water partition coefficient (Wildman–Crippen LogP) is 3.44. The van der Waals surface area contributed by atoms with Gasteiger partial charge in [-0.3, -0.25) is 19.4 Å². The second-order valence-electron chi connectivity index (χ2n) is 7.85. The number of aromatic nitrogens is 2. The second kappa shape index (κ2) is 9.70. The fraction of sp³-hybridized carbons (Fsp3) is 0.240. The van der Waals surface area contributed by atoms with Crippen molar-refractivity contribution in [1.29, 1.82) is 0 Å². The van der Waals surface area contributed by atoms with Gasteiger partial charge in [0.25, 0.3) is 10.9 Å². The number of rotatable bonds is 10. The Morgan fingerprint density at radius 2 is 1.76 bits per heavy atom. The van der Waals surface area contributed by atoms with Crippen molar-refractivity contribution in [3.8, 4) is 0 Å². The molecule has 0 fully saturated rings. The number of hydrogen-bond donors (Lipinski definition) is 3. The lowest BCUT2D eigenvalue weighted by atomic mass is 10.0. The van der Waals surface area contributed by atoms with Crippen molar-refractivity contribution in [2.75, 3.05) is 28.6 Å². The molecule has 2 aromatic heterocycles. The second-order valence-corrected chi connectivity index (χ2v) is 7.85. The van der Waals surface area contributed by atoms with Crippen molar-refractivity contribution in [1.82, 2.24) is 9.97 Å². The van der Waals surface area contributed by atoms with E-state index in [2.05, 4.69) is 20.6 Å². The fourth-order valence-corrected chi connectivity index (χ4v) is 4.01. The minimum atomic E-state index is -1.02. The lowest BCUT2D eigenvalue weighted by Crippen LogP contribution is -2.43. The van der Waals surface area contributed by atoms with Crippen molar-refractivity contribution >= 4 is 39.6 Å². The van der Waals surface area contributed by atoms with Gasteiger partial charge in [0.1, 0.15) is 17.2 Å². The molecule has 2 heterocycles. The van der Waals surface area contributed by atoms with Crippen LogP contribution in [0.1, 0.15) is 31.9 Å². The van der Waals surface area contributed by atoms with Crippen molar-refractivity contribution in [2.45, 2.75) is 26.3 Å². The zero-order chi connectivity index (χ0) is 24.2. The molecule has 9 heteroatoms. The normalized spacial score (nSPS) is 11.9. The van der Waals surface area contributed by atoms with Crippen LogP contribution in [-0.4, -0.2) is 34.1 Å². The molecule has 0 aliphatic heterocycles. The molecule has 0 unspecified atom stereocenters. The minimum absolute atomic E-state index is 0.177. The van der Waals surface area contributed by atoms with E-state index in [9.17, 15) is 19.5 Å². The highest BCUT2D eigenvalue weighted by atomic mass is 16.4. The SMILES string of the molecule is CCN(CC)c1c(N[C@H](CC(=O)O)c2ccc(Nc3nccc4cnccc34)cc2)c(=O)c1=O. The topological polar surface area (TPSA) is 125 Å². The molecule has 174 valence electrons. The summed E-state index contributed by atoms with van der Waals surface area (Å²) in [7, 11) is 0. The molecule has 9 nitrogen and oxygen atoms in total. The number of aliphatic carboxylic acids is 1. The number of hydrogen-bond acceptors (Lipinski definition) is 8. The molecule has 0 bridgehead atoms. The van der Waals surface area contributed by atoms with E-state index < -0.39 is 22.9 Å². The number of pyridine rings is 2. The number of carboxylic acid groups (broad SMARTS) is 1. The van der Waals surface area contributed by atoms with Crippen LogP contribution in [0, 0.1) is 0 Å². The summed E-state index contributed by atoms with van der Waals surface area (Å²) >= 11 is 0. The van der Waals surface area contributed by atoms with Crippen LogP contribution in [0.3, 0.4) is 0 Å². The van der Waals surface area contributed by atoms with Gasteiger partial charge in [0.2, 0.25) is 0 Å².